The molecule has 2 heterocycles. The molecule has 0 fully saturated rings. The molecule has 2 aromatic carbocycles. The number of ketones is 1. The van der Waals surface area contributed by atoms with Crippen LogP contribution in [-0.4, -0.2) is 38.8 Å². The second kappa shape index (κ2) is 7.88. The van der Waals surface area contributed by atoms with E-state index in [1.807, 2.05) is 66.5 Å². The molecule has 1 aliphatic heterocycles. The minimum atomic E-state index is -0.253. The van der Waals surface area contributed by atoms with Gasteiger partial charge in [0, 0.05) is 11.9 Å². The minimum Gasteiger partial charge on any atom is -0.337 e. The Morgan fingerprint density at radius 3 is 2.68 bits per heavy atom. The number of nitrogens with zero attached hydrogens (tertiary/aromatic N) is 6. The molecule has 1 aliphatic rings. The van der Waals surface area contributed by atoms with Gasteiger partial charge in [0.2, 0.25) is 5.16 Å². The van der Waals surface area contributed by atoms with Crippen molar-refractivity contribution in [3.63, 3.8) is 0 Å². The Labute approximate surface area is 170 Å². The van der Waals surface area contributed by atoms with Crippen molar-refractivity contribution in [3.05, 3.63) is 65.2 Å². The van der Waals surface area contributed by atoms with E-state index in [2.05, 4.69) is 21.6 Å². The molecule has 9 heteroatoms. The third-order valence-electron chi connectivity index (χ3n) is 4.12. The Morgan fingerprint density at radius 2 is 1.93 bits per heavy atom. The number of hydrogen-bond acceptors (Lipinski definition) is 8. The normalized spacial score (nSPS) is 14.5. The second-order valence-corrected chi connectivity index (χ2v) is 7.81. The lowest BCUT2D eigenvalue weighted by Gasteiger charge is -2.14. The van der Waals surface area contributed by atoms with Crippen molar-refractivity contribution in [3.8, 4) is 11.8 Å². The van der Waals surface area contributed by atoms with E-state index in [-0.39, 0.29) is 17.1 Å². The van der Waals surface area contributed by atoms with Gasteiger partial charge < -0.3 is 4.90 Å². The number of tetrazole rings is 1. The number of hydrogen-bond donors (Lipinski definition) is 0. The monoisotopic (exact) mass is 406 g/mol. The Morgan fingerprint density at radius 1 is 1.18 bits per heavy atom. The van der Waals surface area contributed by atoms with Crippen molar-refractivity contribution in [2.75, 3.05) is 17.7 Å². The summed E-state index contributed by atoms with van der Waals surface area (Å²) >= 11 is 2.64. The SMILES string of the molecule is CN1C(=C(C#N)C(=O)CSc2nnnn2-c2ccccc2)Sc2ccccc21. The summed E-state index contributed by atoms with van der Waals surface area (Å²) in [5.41, 5.74) is 1.95. The number of rotatable bonds is 5. The first-order valence-corrected chi connectivity index (χ1v) is 10.1. The zero-order valence-corrected chi connectivity index (χ0v) is 16.4. The van der Waals surface area contributed by atoms with Gasteiger partial charge in [0.15, 0.2) is 5.78 Å². The minimum absolute atomic E-state index is 0.0738. The topological polar surface area (TPSA) is 87.7 Å². The van der Waals surface area contributed by atoms with Crippen LogP contribution in [0.2, 0.25) is 0 Å². The highest BCUT2D eigenvalue weighted by Crippen LogP contribution is 2.46. The highest BCUT2D eigenvalue weighted by atomic mass is 32.2. The van der Waals surface area contributed by atoms with Gasteiger partial charge in [0.25, 0.3) is 0 Å². The maximum absolute atomic E-state index is 12.8. The zero-order chi connectivity index (χ0) is 19.5. The highest BCUT2D eigenvalue weighted by Gasteiger charge is 2.28. The molecule has 0 saturated carbocycles. The summed E-state index contributed by atoms with van der Waals surface area (Å²) in [6.07, 6.45) is 0. The van der Waals surface area contributed by atoms with Crippen LogP contribution in [0.25, 0.3) is 5.69 Å². The molecule has 7 nitrogen and oxygen atoms in total. The van der Waals surface area contributed by atoms with E-state index < -0.39 is 0 Å². The number of benzene rings is 2. The fourth-order valence-corrected chi connectivity index (χ4v) is 4.68. The van der Waals surface area contributed by atoms with Crippen LogP contribution in [-0.2, 0) is 4.79 Å². The smallest absolute Gasteiger partial charge is 0.214 e. The van der Waals surface area contributed by atoms with Gasteiger partial charge in [-0.1, -0.05) is 53.9 Å². The molecule has 0 bridgehead atoms. The van der Waals surface area contributed by atoms with Crippen molar-refractivity contribution >= 4 is 35.0 Å². The summed E-state index contributed by atoms with van der Waals surface area (Å²) < 4.78 is 1.57. The second-order valence-electron chi connectivity index (χ2n) is 5.84. The zero-order valence-electron chi connectivity index (χ0n) is 14.8. The van der Waals surface area contributed by atoms with Crippen molar-refractivity contribution in [1.82, 2.24) is 20.2 Å². The van der Waals surface area contributed by atoms with Crippen LogP contribution in [0.15, 0.2) is 75.3 Å². The summed E-state index contributed by atoms with van der Waals surface area (Å²) in [5.74, 6) is -0.179. The van der Waals surface area contributed by atoms with E-state index in [0.29, 0.717) is 10.2 Å². The van der Waals surface area contributed by atoms with Gasteiger partial charge in [-0.25, -0.2) is 0 Å². The molecule has 0 aliphatic carbocycles. The Bertz CT molecular complexity index is 1100. The molecule has 3 aromatic rings. The number of anilines is 1. The van der Waals surface area contributed by atoms with Crippen molar-refractivity contribution in [1.29, 1.82) is 5.26 Å². The molecular weight excluding hydrogens is 392 g/mol. The molecule has 1 aromatic heterocycles. The van der Waals surface area contributed by atoms with Gasteiger partial charge in [-0.3, -0.25) is 4.79 Å². The van der Waals surface area contributed by atoms with Crippen LogP contribution in [0.5, 0.6) is 0 Å². The van der Waals surface area contributed by atoms with Crippen molar-refractivity contribution in [2.45, 2.75) is 10.1 Å². The van der Waals surface area contributed by atoms with E-state index in [0.717, 1.165) is 16.3 Å². The van der Waals surface area contributed by atoms with E-state index in [1.165, 1.54) is 23.5 Å². The number of para-hydroxylation sites is 2. The molecule has 0 amide bonds. The van der Waals surface area contributed by atoms with Crippen LogP contribution >= 0.6 is 23.5 Å². The molecule has 138 valence electrons. The predicted molar refractivity (Wildman–Crippen MR) is 108 cm³/mol. The summed E-state index contributed by atoms with van der Waals surface area (Å²) in [6, 6.07) is 19.4. The average molecular weight is 406 g/mol. The van der Waals surface area contributed by atoms with Crippen LogP contribution in [0.4, 0.5) is 5.69 Å². The fraction of sp³-hybridized carbons (Fsp3) is 0.105. The average Bonchev–Trinajstić information content (AvgIpc) is 3.33. The van der Waals surface area contributed by atoms with Gasteiger partial charge in [-0.2, -0.15) is 9.94 Å². The van der Waals surface area contributed by atoms with E-state index >= 15 is 0 Å². The number of carbonyl (C=O) groups is 1. The summed E-state index contributed by atoms with van der Waals surface area (Å²) in [7, 11) is 1.86. The number of nitriles is 1. The van der Waals surface area contributed by atoms with Gasteiger partial charge in [-0.15, -0.1) is 5.10 Å². The Balaban J connectivity index is 1.54. The quantitative estimate of drug-likeness (QED) is 0.362. The number of thioether (sulfide) groups is 2. The number of Topliss-reactive ketones (excluding diaryl/α,β-unsaturated/α-hetero) is 1. The first-order valence-electron chi connectivity index (χ1n) is 8.34. The van der Waals surface area contributed by atoms with Gasteiger partial charge in [0.05, 0.1) is 17.1 Å². The van der Waals surface area contributed by atoms with Crippen molar-refractivity contribution in [2.24, 2.45) is 0 Å². The largest absolute Gasteiger partial charge is 0.337 e. The summed E-state index contributed by atoms with van der Waals surface area (Å²) in [4.78, 5) is 15.7. The van der Waals surface area contributed by atoms with Gasteiger partial charge >= 0.3 is 0 Å². The highest BCUT2D eigenvalue weighted by molar-refractivity contribution is 8.03. The third kappa shape index (κ3) is 3.40. The molecule has 4 rings (SSSR count). The molecule has 0 unspecified atom stereocenters. The maximum Gasteiger partial charge on any atom is 0.214 e. The van der Waals surface area contributed by atoms with Crippen LogP contribution < -0.4 is 4.90 Å². The number of fused-ring (bicyclic) bond motifs is 1. The number of carbonyl (C=O) groups excluding carboxylic acids is 1. The van der Waals surface area contributed by atoms with Gasteiger partial charge in [-0.05, 0) is 34.7 Å². The van der Waals surface area contributed by atoms with Crippen LogP contribution in [0.3, 0.4) is 0 Å². The molecule has 0 radical (unpaired) electrons. The standard InChI is InChI=1S/C19H14N6OS2/c1-24-15-9-5-6-10-17(15)28-18(24)14(11-20)16(26)12-27-19-21-22-23-25(19)13-7-3-2-4-8-13/h2-10H,12H2,1H3. The summed E-state index contributed by atoms with van der Waals surface area (Å²) in [5, 5.41) is 22.4. The number of aromatic nitrogens is 4. The molecule has 28 heavy (non-hydrogen) atoms. The third-order valence-corrected chi connectivity index (χ3v) is 6.27. The van der Waals surface area contributed by atoms with Gasteiger partial charge in [0.1, 0.15) is 16.7 Å². The van der Waals surface area contributed by atoms with E-state index in [9.17, 15) is 10.1 Å². The Hall–Kier alpha value is -3.09. The van der Waals surface area contributed by atoms with E-state index in [1.54, 1.807) is 4.68 Å². The maximum atomic E-state index is 12.8. The van der Waals surface area contributed by atoms with Crippen molar-refractivity contribution < 1.29 is 4.79 Å². The molecule has 0 atom stereocenters. The first kappa shape index (κ1) is 18.3. The lowest BCUT2D eigenvalue weighted by Crippen LogP contribution is -2.16. The van der Waals surface area contributed by atoms with Crippen LogP contribution in [0, 0.1) is 11.3 Å². The first-order chi connectivity index (χ1) is 13.7. The molecule has 0 N–H and O–H groups in total. The van der Waals surface area contributed by atoms with Crippen LogP contribution in [0.1, 0.15) is 0 Å². The number of allylic oxidation sites excluding steroid dienone is 1. The predicted octanol–water partition coefficient (Wildman–Crippen LogP) is 3.30. The lowest BCUT2D eigenvalue weighted by atomic mass is 10.2. The fourth-order valence-electron chi connectivity index (χ4n) is 2.75. The molecule has 0 spiro atoms. The molecule has 0 saturated heterocycles. The van der Waals surface area contributed by atoms with E-state index in [4.69, 9.17) is 0 Å². The lowest BCUT2D eigenvalue weighted by molar-refractivity contribution is -0.112. The Kier molecular flexibility index (Phi) is 5.14. The summed E-state index contributed by atoms with van der Waals surface area (Å²) in [6.45, 7) is 0. The molecular formula is C19H14N6OS2.